The molecule has 0 amide bonds. The number of ether oxygens (including phenoxy) is 2. The van der Waals surface area contributed by atoms with Gasteiger partial charge in [0.2, 0.25) is 0 Å². The summed E-state index contributed by atoms with van der Waals surface area (Å²) in [5, 5.41) is 42.0. The van der Waals surface area contributed by atoms with Gasteiger partial charge in [0.05, 0.1) is 51.3 Å². The molecule has 0 aromatic rings. The lowest BCUT2D eigenvalue weighted by Crippen LogP contribution is -2.48. The molecule has 0 aromatic carbocycles. The Kier molecular flexibility index (Phi) is 57.0. The summed E-state index contributed by atoms with van der Waals surface area (Å²) < 4.78 is 12.2. The van der Waals surface area contributed by atoms with Crippen LogP contribution in [0.4, 0.5) is 0 Å². The molecular weight excluding hydrogens is 885 g/mol. The van der Waals surface area contributed by atoms with Crippen LogP contribution in [0.1, 0.15) is 266 Å². The quantitative estimate of drug-likeness (QED) is 0.0440. The second kappa shape index (κ2) is 57.3. The fourth-order valence-corrected chi connectivity index (χ4v) is 10.0. The van der Waals surface area contributed by atoms with E-state index in [2.05, 4.69) is 54.2 Å². The Morgan fingerprint density at radius 3 is 0.873 bits per heavy atom. The van der Waals surface area contributed by atoms with Crippen molar-refractivity contribution in [3.63, 3.8) is 0 Å². The number of nitrogens with zero attached hydrogens (tertiary/aromatic N) is 4. The van der Waals surface area contributed by atoms with Gasteiger partial charge in [-0.3, -0.25) is 19.6 Å². The molecular formula is C61H128N4O6. The molecule has 1 aliphatic rings. The molecule has 1 fully saturated rings. The lowest BCUT2D eigenvalue weighted by Gasteiger charge is -2.34. The van der Waals surface area contributed by atoms with Gasteiger partial charge in [0, 0.05) is 78.5 Å². The third kappa shape index (κ3) is 51.5. The molecule has 1 rings (SSSR count). The first-order valence-electron chi connectivity index (χ1n) is 31.5. The summed E-state index contributed by atoms with van der Waals surface area (Å²) in [7, 11) is 0. The molecule has 10 heteroatoms. The van der Waals surface area contributed by atoms with E-state index in [1.807, 2.05) is 0 Å². The van der Waals surface area contributed by atoms with Crippen molar-refractivity contribution in [2.75, 3.05) is 112 Å². The van der Waals surface area contributed by atoms with Gasteiger partial charge in [0.25, 0.3) is 0 Å². The molecule has 0 radical (unpaired) electrons. The topological polar surface area (TPSA) is 112 Å². The van der Waals surface area contributed by atoms with Crippen LogP contribution in [0.5, 0.6) is 0 Å². The zero-order valence-electron chi connectivity index (χ0n) is 48.6. The van der Waals surface area contributed by atoms with E-state index in [1.165, 1.54) is 193 Å². The first-order valence-corrected chi connectivity index (χ1v) is 31.5. The van der Waals surface area contributed by atoms with E-state index in [1.54, 1.807) is 0 Å². The highest BCUT2D eigenvalue weighted by atomic mass is 16.5. The highest BCUT2D eigenvalue weighted by Crippen LogP contribution is 2.15. The highest BCUT2D eigenvalue weighted by Gasteiger charge is 2.19. The summed E-state index contributed by atoms with van der Waals surface area (Å²) in [5.74, 6) is 0. The standard InChI is InChI=1S/C50H104N4O6.C11H24/c1-4-7-10-13-16-19-22-25-28-48(56)45-53(35-40-55)38-43-59-41-36-51-31-33-52(34-32-51)37-42-60-44-39-54(46-49(57)29-26-23-20-17-14-11-8-5-2)47-50(58)30-27-24-21-18-15-12-9-6-3;1-3-5-7-9-11-10-8-6-4-2/h48-50,55-58H,4-47H2,1-3H3;3-11H2,1-2H3. The summed E-state index contributed by atoms with van der Waals surface area (Å²) >= 11 is 0. The van der Waals surface area contributed by atoms with Crippen LogP contribution >= 0.6 is 0 Å². The van der Waals surface area contributed by atoms with Crippen LogP contribution < -0.4 is 0 Å². The van der Waals surface area contributed by atoms with Crippen molar-refractivity contribution in [2.24, 2.45) is 0 Å². The molecule has 3 atom stereocenters. The number of aliphatic hydroxyl groups is 4. The van der Waals surface area contributed by atoms with Crippen LogP contribution in [0.25, 0.3) is 0 Å². The second-order valence-electron chi connectivity index (χ2n) is 21.9. The maximum Gasteiger partial charge on any atom is 0.0667 e. The van der Waals surface area contributed by atoms with Gasteiger partial charge in [-0.1, -0.05) is 247 Å². The molecule has 0 aromatic heterocycles. The van der Waals surface area contributed by atoms with E-state index in [0.717, 1.165) is 90.9 Å². The molecule has 0 aliphatic carbocycles. The molecule has 0 spiro atoms. The first-order chi connectivity index (χ1) is 34.8. The van der Waals surface area contributed by atoms with Gasteiger partial charge in [-0.05, 0) is 19.3 Å². The molecule has 1 aliphatic heterocycles. The number of hydrogen-bond acceptors (Lipinski definition) is 10. The zero-order valence-corrected chi connectivity index (χ0v) is 48.6. The van der Waals surface area contributed by atoms with Gasteiger partial charge < -0.3 is 29.9 Å². The van der Waals surface area contributed by atoms with Gasteiger partial charge in [-0.15, -0.1) is 0 Å². The number of hydrogen-bond donors (Lipinski definition) is 4. The van der Waals surface area contributed by atoms with Crippen molar-refractivity contribution < 1.29 is 29.9 Å². The van der Waals surface area contributed by atoms with Gasteiger partial charge in [-0.2, -0.15) is 0 Å². The van der Waals surface area contributed by atoms with E-state index in [0.29, 0.717) is 52.6 Å². The normalized spacial score (nSPS) is 14.9. The molecule has 0 saturated carbocycles. The summed E-state index contributed by atoms with van der Waals surface area (Å²) in [5.41, 5.74) is 0. The maximum atomic E-state index is 10.9. The second-order valence-corrected chi connectivity index (χ2v) is 21.9. The number of piperazine rings is 1. The fourth-order valence-electron chi connectivity index (χ4n) is 10.0. The first kappa shape index (κ1) is 70.6. The van der Waals surface area contributed by atoms with Crippen LogP contribution in [-0.2, 0) is 9.47 Å². The Morgan fingerprint density at radius 1 is 0.338 bits per heavy atom. The molecule has 0 bridgehead atoms. The minimum atomic E-state index is -0.351. The van der Waals surface area contributed by atoms with Crippen LogP contribution in [0.15, 0.2) is 0 Å². The maximum absolute atomic E-state index is 10.9. The minimum absolute atomic E-state index is 0.103. The van der Waals surface area contributed by atoms with Crippen LogP contribution in [0.3, 0.4) is 0 Å². The molecule has 71 heavy (non-hydrogen) atoms. The van der Waals surface area contributed by atoms with E-state index < -0.39 is 0 Å². The summed E-state index contributed by atoms with van der Waals surface area (Å²) in [6, 6.07) is 0. The molecule has 4 N–H and O–H groups in total. The minimum Gasteiger partial charge on any atom is -0.395 e. The zero-order chi connectivity index (χ0) is 51.9. The lowest BCUT2D eigenvalue weighted by atomic mass is 10.0. The summed E-state index contributed by atoms with van der Waals surface area (Å²) in [6.07, 6.45) is 45.0. The molecule has 428 valence electrons. The lowest BCUT2D eigenvalue weighted by molar-refractivity contribution is 0.0264. The largest absolute Gasteiger partial charge is 0.395 e. The third-order valence-electron chi connectivity index (χ3n) is 14.9. The van der Waals surface area contributed by atoms with Gasteiger partial charge in [0.1, 0.15) is 0 Å². The van der Waals surface area contributed by atoms with Gasteiger partial charge in [0.15, 0.2) is 0 Å². The Bertz CT molecular complexity index is 957. The summed E-state index contributed by atoms with van der Waals surface area (Å²) in [6.45, 7) is 24.0. The van der Waals surface area contributed by atoms with E-state index in [-0.39, 0.29) is 24.9 Å². The Hall–Kier alpha value is -0.400. The smallest absolute Gasteiger partial charge is 0.0667 e. The fraction of sp³-hybridized carbons (Fsp3) is 1.00. The van der Waals surface area contributed by atoms with Crippen molar-refractivity contribution in [1.29, 1.82) is 0 Å². The average molecular weight is 1010 g/mol. The monoisotopic (exact) mass is 1010 g/mol. The van der Waals surface area contributed by atoms with Gasteiger partial charge >= 0.3 is 0 Å². The van der Waals surface area contributed by atoms with Crippen LogP contribution in [0, 0.1) is 0 Å². The molecule has 1 heterocycles. The van der Waals surface area contributed by atoms with E-state index in [9.17, 15) is 20.4 Å². The van der Waals surface area contributed by atoms with Crippen molar-refractivity contribution >= 4 is 0 Å². The van der Waals surface area contributed by atoms with Crippen molar-refractivity contribution in [1.82, 2.24) is 19.6 Å². The molecule has 3 unspecified atom stereocenters. The van der Waals surface area contributed by atoms with E-state index in [4.69, 9.17) is 9.47 Å². The third-order valence-corrected chi connectivity index (χ3v) is 14.9. The molecule has 10 nitrogen and oxygen atoms in total. The Balaban J connectivity index is 0.00000393. The highest BCUT2D eigenvalue weighted by molar-refractivity contribution is 4.73. The van der Waals surface area contributed by atoms with Crippen LogP contribution in [-0.4, -0.2) is 170 Å². The predicted octanol–water partition coefficient (Wildman–Crippen LogP) is 13.4. The number of unbranched alkanes of at least 4 members (excludes halogenated alkanes) is 29. The number of aliphatic hydroxyl groups excluding tert-OH is 4. The van der Waals surface area contributed by atoms with E-state index >= 15 is 0 Å². The van der Waals surface area contributed by atoms with Crippen molar-refractivity contribution in [3.05, 3.63) is 0 Å². The Morgan fingerprint density at radius 2 is 0.592 bits per heavy atom. The van der Waals surface area contributed by atoms with Gasteiger partial charge in [-0.25, -0.2) is 0 Å². The SMILES string of the molecule is CCCCCCCCCCC.CCCCCCCCCCC(O)CN(CCO)CCOCCN1CCN(CCOCCN(CC(O)CCCCCCCCCC)CC(O)CCCCCCCCCC)CC1. The number of rotatable bonds is 55. The summed E-state index contributed by atoms with van der Waals surface area (Å²) in [4.78, 5) is 9.35. The molecule has 1 saturated heterocycles. The van der Waals surface area contributed by atoms with Crippen molar-refractivity contribution in [3.8, 4) is 0 Å². The average Bonchev–Trinajstić information content (AvgIpc) is 3.36. The predicted molar refractivity (Wildman–Crippen MR) is 307 cm³/mol. The van der Waals surface area contributed by atoms with Crippen LogP contribution in [0.2, 0.25) is 0 Å². The van der Waals surface area contributed by atoms with Crippen molar-refractivity contribution in [2.45, 2.75) is 284 Å². The Labute approximate surface area is 443 Å².